The van der Waals surface area contributed by atoms with E-state index in [0.29, 0.717) is 17.1 Å². The monoisotopic (exact) mass is 551 g/mol. The molecule has 3 aromatic rings. The number of amides is 1. The molecule has 0 aromatic heterocycles. The minimum atomic E-state index is -0.883. The van der Waals surface area contributed by atoms with Crippen LogP contribution in [0.1, 0.15) is 36.6 Å². The Kier molecular flexibility index (Phi) is 8.35. The second-order valence-electron chi connectivity index (χ2n) is 9.20. The fraction of sp³-hybridized carbons (Fsp3) is 0.267. The molecule has 1 N–H and O–H groups in total. The Balaban J connectivity index is 1.87. The van der Waals surface area contributed by atoms with E-state index in [0.717, 1.165) is 5.56 Å². The third kappa shape index (κ3) is 5.66. The van der Waals surface area contributed by atoms with Crippen molar-refractivity contribution in [1.82, 2.24) is 4.90 Å². The Morgan fingerprint density at radius 1 is 0.897 bits per heavy atom. The van der Waals surface area contributed by atoms with Crippen molar-refractivity contribution in [2.45, 2.75) is 32.5 Å². The van der Waals surface area contributed by atoms with Crippen LogP contribution < -0.4 is 18.9 Å². The fourth-order valence-electron chi connectivity index (χ4n) is 4.51. The molecule has 0 radical (unpaired) electrons. The zero-order valence-corrected chi connectivity index (χ0v) is 23.1. The Bertz CT molecular complexity index is 1400. The number of nitrogens with zero attached hydrogens (tertiary/aromatic N) is 1. The lowest BCUT2D eigenvalue weighted by molar-refractivity contribution is -0.140. The van der Waals surface area contributed by atoms with Gasteiger partial charge in [0.25, 0.3) is 11.7 Å². The molecular formula is C30H30ClNO7. The summed E-state index contributed by atoms with van der Waals surface area (Å²) in [7, 11) is 4.43. The maximum absolute atomic E-state index is 13.5. The van der Waals surface area contributed by atoms with Crippen LogP contribution in [0, 0.1) is 0 Å². The Labute approximate surface area is 232 Å². The Morgan fingerprint density at radius 2 is 1.51 bits per heavy atom. The smallest absolute Gasteiger partial charge is 0.295 e. The SMILES string of the molecule is COc1ccc(CN2C(=O)C(=O)/C(=C(/O)c3cc(OC)c(Cl)cc3OC)C2c2ccc(OC(C)C)cc2)cc1. The zero-order valence-electron chi connectivity index (χ0n) is 22.4. The quantitative estimate of drug-likeness (QED) is 0.205. The van der Waals surface area contributed by atoms with E-state index in [9.17, 15) is 14.7 Å². The second-order valence-corrected chi connectivity index (χ2v) is 9.60. The van der Waals surface area contributed by atoms with Gasteiger partial charge >= 0.3 is 0 Å². The van der Waals surface area contributed by atoms with Crippen molar-refractivity contribution in [3.63, 3.8) is 0 Å². The van der Waals surface area contributed by atoms with E-state index in [1.807, 2.05) is 26.0 Å². The number of ether oxygens (including phenoxy) is 4. The predicted octanol–water partition coefficient (Wildman–Crippen LogP) is 5.77. The molecule has 0 spiro atoms. The van der Waals surface area contributed by atoms with Crippen LogP contribution >= 0.6 is 11.6 Å². The van der Waals surface area contributed by atoms with Gasteiger partial charge in [0.2, 0.25) is 0 Å². The number of rotatable bonds is 9. The summed E-state index contributed by atoms with van der Waals surface area (Å²) in [6.07, 6.45) is -0.0242. The number of aliphatic hydroxyl groups is 1. The number of carbonyl (C=O) groups excluding carboxylic acids is 2. The van der Waals surface area contributed by atoms with Gasteiger partial charge in [0, 0.05) is 12.6 Å². The topological polar surface area (TPSA) is 94.5 Å². The molecule has 1 fully saturated rings. The van der Waals surface area contributed by atoms with E-state index >= 15 is 0 Å². The highest BCUT2D eigenvalue weighted by Crippen LogP contribution is 2.44. The molecule has 1 atom stereocenters. The largest absolute Gasteiger partial charge is 0.507 e. The summed E-state index contributed by atoms with van der Waals surface area (Å²) in [5.41, 5.74) is 1.51. The number of hydrogen-bond acceptors (Lipinski definition) is 7. The van der Waals surface area contributed by atoms with Gasteiger partial charge in [-0.1, -0.05) is 35.9 Å². The van der Waals surface area contributed by atoms with Crippen LogP contribution in [0.4, 0.5) is 0 Å². The van der Waals surface area contributed by atoms with Gasteiger partial charge in [-0.25, -0.2) is 0 Å². The van der Waals surface area contributed by atoms with Gasteiger partial charge in [-0.15, -0.1) is 0 Å². The lowest BCUT2D eigenvalue weighted by Gasteiger charge is -2.26. The van der Waals surface area contributed by atoms with E-state index in [1.54, 1.807) is 43.5 Å². The molecule has 0 aliphatic carbocycles. The number of likely N-dealkylation sites (tertiary alicyclic amines) is 1. The van der Waals surface area contributed by atoms with Crippen LogP contribution in [0.5, 0.6) is 23.0 Å². The number of halogens is 1. The number of hydrogen-bond donors (Lipinski definition) is 1. The lowest BCUT2D eigenvalue weighted by atomic mass is 9.94. The van der Waals surface area contributed by atoms with Gasteiger partial charge in [0.15, 0.2) is 0 Å². The van der Waals surface area contributed by atoms with Crippen LogP contribution in [0.2, 0.25) is 5.02 Å². The predicted molar refractivity (Wildman–Crippen MR) is 148 cm³/mol. The van der Waals surface area contributed by atoms with Gasteiger partial charge in [0.05, 0.1) is 49.6 Å². The first-order valence-electron chi connectivity index (χ1n) is 12.3. The van der Waals surface area contributed by atoms with Crippen LogP contribution in [0.15, 0.2) is 66.2 Å². The summed E-state index contributed by atoms with van der Waals surface area (Å²) in [4.78, 5) is 28.3. The first-order valence-corrected chi connectivity index (χ1v) is 12.7. The molecule has 0 saturated carbocycles. The summed E-state index contributed by atoms with van der Waals surface area (Å²) < 4.78 is 21.7. The Hall–Kier alpha value is -4.17. The number of ketones is 1. The molecule has 4 rings (SSSR count). The second kappa shape index (κ2) is 11.7. The molecular weight excluding hydrogens is 522 g/mol. The number of carbonyl (C=O) groups is 2. The summed E-state index contributed by atoms with van der Waals surface area (Å²) in [5, 5.41) is 11.8. The third-order valence-electron chi connectivity index (χ3n) is 6.35. The highest BCUT2D eigenvalue weighted by molar-refractivity contribution is 6.46. The van der Waals surface area contributed by atoms with Crippen LogP contribution in [-0.2, 0) is 16.1 Å². The van der Waals surface area contributed by atoms with E-state index in [4.69, 9.17) is 30.5 Å². The molecule has 8 nitrogen and oxygen atoms in total. The minimum absolute atomic E-state index is 0.0242. The van der Waals surface area contributed by atoms with Gasteiger partial charge in [0.1, 0.15) is 28.8 Å². The van der Waals surface area contributed by atoms with Crippen molar-refractivity contribution in [3.8, 4) is 23.0 Å². The van der Waals surface area contributed by atoms with E-state index < -0.39 is 23.5 Å². The first kappa shape index (κ1) is 27.9. The van der Waals surface area contributed by atoms with Crippen LogP contribution in [-0.4, -0.2) is 49.1 Å². The summed E-state index contributed by atoms with van der Waals surface area (Å²) in [6.45, 7) is 3.97. The van der Waals surface area contributed by atoms with Gasteiger partial charge in [-0.05, 0) is 55.3 Å². The number of methoxy groups -OCH3 is 3. The number of Topliss-reactive ketones (excluding diaryl/α,β-unsaturated/α-hetero) is 1. The highest BCUT2D eigenvalue weighted by Gasteiger charge is 2.46. The molecule has 1 heterocycles. The highest BCUT2D eigenvalue weighted by atomic mass is 35.5. The van der Waals surface area contributed by atoms with Gasteiger partial charge in [-0.2, -0.15) is 0 Å². The molecule has 1 aliphatic rings. The molecule has 0 bridgehead atoms. The first-order chi connectivity index (χ1) is 18.7. The molecule has 1 amide bonds. The zero-order chi connectivity index (χ0) is 28.3. The van der Waals surface area contributed by atoms with Gasteiger partial charge < -0.3 is 29.0 Å². The van der Waals surface area contributed by atoms with Crippen LogP contribution in [0.3, 0.4) is 0 Å². The van der Waals surface area contributed by atoms with Crippen molar-refractivity contribution < 1.29 is 33.6 Å². The molecule has 1 aliphatic heterocycles. The maximum Gasteiger partial charge on any atom is 0.295 e. The lowest BCUT2D eigenvalue weighted by Crippen LogP contribution is -2.29. The summed E-state index contributed by atoms with van der Waals surface area (Å²) in [5.74, 6) is -0.140. The van der Waals surface area contributed by atoms with Crippen molar-refractivity contribution in [1.29, 1.82) is 0 Å². The summed E-state index contributed by atoms with van der Waals surface area (Å²) in [6, 6.07) is 16.4. The molecule has 1 saturated heterocycles. The number of aliphatic hydroxyl groups excluding tert-OH is 1. The normalized spacial score (nSPS) is 16.5. The minimum Gasteiger partial charge on any atom is -0.507 e. The molecule has 204 valence electrons. The van der Waals surface area contributed by atoms with Crippen molar-refractivity contribution in [3.05, 3.63) is 87.9 Å². The van der Waals surface area contributed by atoms with E-state index in [1.165, 1.54) is 31.3 Å². The average molecular weight is 552 g/mol. The fourth-order valence-corrected chi connectivity index (χ4v) is 4.74. The molecule has 3 aromatic carbocycles. The standard InChI is InChI=1S/C30H30ClNO7/c1-17(2)39-21-12-8-19(9-13-21)27-26(28(33)22-14-25(38-5)23(31)15-24(22)37-4)29(34)30(35)32(27)16-18-6-10-20(36-3)11-7-18/h6-15,17,27,33H,16H2,1-5H3/b28-26+. The van der Waals surface area contributed by atoms with E-state index in [-0.39, 0.29) is 40.3 Å². The van der Waals surface area contributed by atoms with Crippen molar-refractivity contribution >= 4 is 29.1 Å². The molecule has 1 unspecified atom stereocenters. The number of benzene rings is 3. The van der Waals surface area contributed by atoms with Crippen LogP contribution in [0.25, 0.3) is 5.76 Å². The van der Waals surface area contributed by atoms with E-state index in [2.05, 4.69) is 0 Å². The Morgan fingerprint density at radius 3 is 2.08 bits per heavy atom. The molecule has 9 heteroatoms. The molecule has 39 heavy (non-hydrogen) atoms. The van der Waals surface area contributed by atoms with Gasteiger partial charge in [-0.3, -0.25) is 9.59 Å². The van der Waals surface area contributed by atoms with Crippen molar-refractivity contribution in [2.24, 2.45) is 0 Å². The maximum atomic E-state index is 13.5. The third-order valence-corrected chi connectivity index (χ3v) is 6.64. The van der Waals surface area contributed by atoms with Crippen molar-refractivity contribution in [2.75, 3.05) is 21.3 Å². The average Bonchev–Trinajstić information content (AvgIpc) is 3.18. The summed E-state index contributed by atoms with van der Waals surface area (Å²) >= 11 is 6.25.